The SMILES string of the molecule is CC(=O)N(CC(=O)N1CCc2ccccc2C1)c1ccccc1C(C)C. The van der Waals surface area contributed by atoms with Gasteiger partial charge >= 0.3 is 0 Å². The molecule has 1 aliphatic heterocycles. The van der Waals surface area contributed by atoms with Crippen molar-refractivity contribution in [2.24, 2.45) is 0 Å². The zero-order valence-corrected chi connectivity index (χ0v) is 15.7. The van der Waals surface area contributed by atoms with Crippen molar-refractivity contribution < 1.29 is 9.59 Å². The van der Waals surface area contributed by atoms with E-state index in [2.05, 4.69) is 26.0 Å². The van der Waals surface area contributed by atoms with Gasteiger partial charge in [-0.15, -0.1) is 0 Å². The van der Waals surface area contributed by atoms with Crippen LogP contribution in [0.25, 0.3) is 0 Å². The summed E-state index contributed by atoms with van der Waals surface area (Å²) in [6.45, 7) is 7.12. The summed E-state index contributed by atoms with van der Waals surface area (Å²) in [4.78, 5) is 28.7. The number of anilines is 1. The highest BCUT2D eigenvalue weighted by Crippen LogP contribution is 2.28. The average molecular weight is 350 g/mol. The van der Waals surface area contributed by atoms with Gasteiger partial charge in [0.1, 0.15) is 6.54 Å². The number of amides is 2. The van der Waals surface area contributed by atoms with Crippen LogP contribution in [-0.2, 0) is 22.6 Å². The normalized spacial score (nSPS) is 13.5. The van der Waals surface area contributed by atoms with E-state index in [4.69, 9.17) is 0 Å². The molecule has 0 N–H and O–H groups in total. The number of fused-ring (bicyclic) bond motifs is 1. The lowest BCUT2D eigenvalue weighted by Gasteiger charge is -2.32. The lowest BCUT2D eigenvalue weighted by Crippen LogP contribution is -2.44. The van der Waals surface area contributed by atoms with Crippen molar-refractivity contribution in [3.63, 3.8) is 0 Å². The first-order chi connectivity index (χ1) is 12.5. The molecular formula is C22H26N2O2. The molecule has 2 aromatic carbocycles. The van der Waals surface area contributed by atoms with Crippen LogP contribution in [0.1, 0.15) is 43.4 Å². The Hall–Kier alpha value is -2.62. The molecular weight excluding hydrogens is 324 g/mol. The topological polar surface area (TPSA) is 40.6 Å². The van der Waals surface area contributed by atoms with Gasteiger partial charge in [-0.25, -0.2) is 0 Å². The number of hydrogen-bond acceptors (Lipinski definition) is 2. The Bertz CT molecular complexity index is 813. The van der Waals surface area contributed by atoms with Crippen LogP contribution in [0, 0.1) is 0 Å². The predicted octanol–water partition coefficient (Wildman–Crippen LogP) is 3.75. The highest BCUT2D eigenvalue weighted by atomic mass is 16.2. The van der Waals surface area contributed by atoms with Gasteiger partial charge in [-0.05, 0) is 35.1 Å². The summed E-state index contributed by atoms with van der Waals surface area (Å²) >= 11 is 0. The Kier molecular flexibility index (Phi) is 5.40. The molecule has 136 valence electrons. The maximum Gasteiger partial charge on any atom is 0.242 e. The molecule has 0 spiro atoms. The van der Waals surface area contributed by atoms with Crippen molar-refractivity contribution in [2.45, 2.75) is 39.7 Å². The summed E-state index contributed by atoms with van der Waals surface area (Å²) in [5.74, 6) is 0.169. The molecule has 0 saturated heterocycles. The summed E-state index contributed by atoms with van der Waals surface area (Å²) in [6.07, 6.45) is 0.866. The van der Waals surface area contributed by atoms with E-state index >= 15 is 0 Å². The van der Waals surface area contributed by atoms with E-state index in [1.54, 1.807) is 4.90 Å². The van der Waals surface area contributed by atoms with E-state index in [1.807, 2.05) is 41.3 Å². The summed E-state index contributed by atoms with van der Waals surface area (Å²) in [5, 5.41) is 0. The Morgan fingerprint density at radius 2 is 1.69 bits per heavy atom. The van der Waals surface area contributed by atoms with Gasteiger partial charge in [0.15, 0.2) is 0 Å². The third-order valence-electron chi connectivity index (χ3n) is 5.01. The molecule has 0 radical (unpaired) electrons. The quantitative estimate of drug-likeness (QED) is 0.843. The fourth-order valence-corrected chi connectivity index (χ4v) is 3.53. The molecule has 0 aliphatic carbocycles. The van der Waals surface area contributed by atoms with Gasteiger partial charge in [0.25, 0.3) is 0 Å². The van der Waals surface area contributed by atoms with Crippen LogP contribution < -0.4 is 4.90 Å². The summed E-state index contributed by atoms with van der Waals surface area (Å²) in [6, 6.07) is 16.1. The largest absolute Gasteiger partial charge is 0.336 e. The zero-order chi connectivity index (χ0) is 18.7. The van der Waals surface area contributed by atoms with Crippen LogP contribution in [0.5, 0.6) is 0 Å². The van der Waals surface area contributed by atoms with Crippen LogP contribution in [-0.4, -0.2) is 29.8 Å². The van der Waals surface area contributed by atoms with Crippen molar-refractivity contribution in [1.29, 1.82) is 0 Å². The molecule has 26 heavy (non-hydrogen) atoms. The Labute approximate surface area is 155 Å². The molecule has 0 saturated carbocycles. The van der Waals surface area contributed by atoms with Crippen molar-refractivity contribution in [2.75, 3.05) is 18.0 Å². The van der Waals surface area contributed by atoms with Crippen LogP contribution in [0.2, 0.25) is 0 Å². The molecule has 2 amide bonds. The second-order valence-corrected chi connectivity index (χ2v) is 7.15. The summed E-state index contributed by atoms with van der Waals surface area (Å²) in [7, 11) is 0. The van der Waals surface area contributed by atoms with Crippen LogP contribution >= 0.6 is 0 Å². The van der Waals surface area contributed by atoms with E-state index in [-0.39, 0.29) is 24.3 Å². The molecule has 0 atom stereocenters. The maximum absolute atomic E-state index is 12.9. The average Bonchev–Trinajstić information content (AvgIpc) is 2.65. The van der Waals surface area contributed by atoms with Gasteiger partial charge in [0, 0.05) is 25.7 Å². The predicted molar refractivity (Wildman–Crippen MR) is 104 cm³/mol. The van der Waals surface area contributed by atoms with Gasteiger partial charge in [-0.2, -0.15) is 0 Å². The number of benzene rings is 2. The number of rotatable bonds is 4. The second-order valence-electron chi connectivity index (χ2n) is 7.15. The highest BCUT2D eigenvalue weighted by Gasteiger charge is 2.25. The third-order valence-corrected chi connectivity index (χ3v) is 5.01. The van der Waals surface area contributed by atoms with Gasteiger partial charge in [-0.1, -0.05) is 56.3 Å². The molecule has 0 aromatic heterocycles. The highest BCUT2D eigenvalue weighted by molar-refractivity contribution is 5.98. The molecule has 1 heterocycles. The minimum Gasteiger partial charge on any atom is -0.336 e. The number of nitrogens with zero attached hydrogens (tertiary/aromatic N) is 2. The molecule has 0 bridgehead atoms. The van der Waals surface area contributed by atoms with Crippen LogP contribution in [0.3, 0.4) is 0 Å². The smallest absolute Gasteiger partial charge is 0.242 e. The Balaban J connectivity index is 1.79. The lowest BCUT2D eigenvalue weighted by molar-refractivity contribution is -0.132. The molecule has 0 unspecified atom stereocenters. The van der Waals surface area contributed by atoms with E-state index in [9.17, 15) is 9.59 Å². The van der Waals surface area contributed by atoms with E-state index in [0.717, 1.165) is 17.7 Å². The molecule has 1 aliphatic rings. The van der Waals surface area contributed by atoms with Gasteiger partial charge in [-0.3, -0.25) is 9.59 Å². The fourth-order valence-electron chi connectivity index (χ4n) is 3.53. The lowest BCUT2D eigenvalue weighted by atomic mass is 9.99. The summed E-state index contributed by atoms with van der Waals surface area (Å²) in [5.41, 5.74) is 4.43. The molecule has 3 rings (SSSR count). The van der Waals surface area contributed by atoms with Crippen molar-refractivity contribution in [3.05, 3.63) is 65.2 Å². The monoisotopic (exact) mass is 350 g/mol. The Morgan fingerprint density at radius 3 is 2.38 bits per heavy atom. The van der Waals surface area contributed by atoms with Gasteiger partial charge in [0.2, 0.25) is 11.8 Å². The third kappa shape index (κ3) is 3.79. The van der Waals surface area contributed by atoms with Crippen LogP contribution in [0.15, 0.2) is 48.5 Å². The first kappa shape index (κ1) is 18.2. The fraction of sp³-hybridized carbons (Fsp3) is 0.364. The minimum absolute atomic E-state index is 0.00624. The van der Waals surface area contributed by atoms with E-state index in [0.29, 0.717) is 13.1 Å². The number of hydrogen-bond donors (Lipinski definition) is 0. The second kappa shape index (κ2) is 7.73. The summed E-state index contributed by atoms with van der Waals surface area (Å²) < 4.78 is 0. The number of para-hydroxylation sites is 1. The van der Waals surface area contributed by atoms with Crippen LogP contribution in [0.4, 0.5) is 5.69 Å². The van der Waals surface area contributed by atoms with E-state index < -0.39 is 0 Å². The minimum atomic E-state index is -0.108. The standard InChI is InChI=1S/C22H26N2O2/c1-16(2)20-10-6-7-11-21(20)24(17(3)25)15-22(26)23-13-12-18-8-4-5-9-19(18)14-23/h4-11,16H,12-15H2,1-3H3. The number of carbonyl (C=O) groups is 2. The van der Waals surface area contributed by atoms with Gasteiger partial charge in [0.05, 0.1) is 0 Å². The number of carbonyl (C=O) groups excluding carboxylic acids is 2. The first-order valence-corrected chi connectivity index (χ1v) is 9.19. The Morgan fingerprint density at radius 1 is 1.04 bits per heavy atom. The van der Waals surface area contributed by atoms with Crippen molar-refractivity contribution >= 4 is 17.5 Å². The zero-order valence-electron chi connectivity index (χ0n) is 15.7. The van der Waals surface area contributed by atoms with Crippen molar-refractivity contribution in [3.8, 4) is 0 Å². The van der Waals surface area contributed by atoms with Crippen molar-refractivity contribution in [1.82, 2.24) is 4.90 Å². The van der Waals surface area contributed by atoms with Gasteiger partial charge < -0.3 is 9.80 Å². The molecule has 2 aromatic rings. The molecule has 4 nitrogen and oxygen atoms in total. The first-order valence-electron chi connectivity index (χ1n) is 9.19. The molecule has 4 heteroatoms. The molecule has 0 fully saturated rings. The maximum atomic E-state index is 12.9. The van der Waals surface area contributed by atoms with E-state index in [1.165, 1.54) is 18.1 Å².